The van der Waals surface area contributed by atoms with Crippen molar-refractivity contribution in [2.24, 2.45) is 0 Å². The molecule has 0 saturated heterocycles. The van der Waals surface area contributed by atoms with E-state index in [4.69, 9.17) is 4.74 Å². The second-order valence-corrected chi connectivity index (χ2v) is 6.05. The van der Waals surface area contributed by atoms with Crippen molar-refractivity contribution in [1.29, 1.82) is 0 Å². The summed E-state index contributed by atoms with van der Waals surface area (Å²) in [4.78, 5) is 14.3. The van der Waals surface area contributed by atoms with Gasteiger partial charge in [0.2, 0.25) is 0 Å². The van der Waals surface area contributed by atoms with Crippen LogP contribution in [0.15, 0.2) is 60.7 Å². The molecule has 0 saturated carbocycles. The molecule has 0 bridgehead atoms. The molecular formula is C20H21N5O2. The average Bonchev–Trinajstić information content (AvgIpc) is 2.69. The lowest BCUT2D eigenvalue weighted by molar-refractivity contribution is 0.102. The number of aromatic nitrogens is 2. The summed E-state index contributed by atoms with van der Waals surface area (Å²) in [6.07, 6.45) is 0. The molecule has 0 radical (unpaired) electrons. The number of carbonyl (C=O) groups is 1. The number of benzene rings is 2. The van der Waals surface area contributed by atoms with Gasteiger partial charge in [0, 0.05) is 31.2 Å². The van der Waals surface area contributed by atoms with Gasteiger partial charge in [0.25, 0.3) is 5.91 Å². The predicted octanol–water partition coefficient (Wildman–Crippen LogP) is 3.55. The van der Waals surface area contributed by atoms with Crippen molar-refractivity contribution < 1.29 is 9.53 Å². The van der Waals surface area contributed by atoms with Crippen LogP contribution in [0.5, 0.6) is 5.75 Å². The first-order chi connectivity index (χ1) is 13.0. The van der Waals surface area contributed by atoms with E-state index in [1.165, 1.54) is 0 Å². The van der Waals surface area contributed by atoms with Gasteiger partial charge in [0.05, 0.1) is 7.11 Å². The molecule has 0 fully saturated rings. The van der Waals surface area contributed by atoms with Crippen molar-refractivity contribution in [2.75, 3.05) is 36.7 Å². The monoisotopic (exact) mass is 363 g/mol. The van der Waals surface area contributed by atoms with Crippen LogP contribution in [0, 0.1) is 0 Å². The molecule has 1 aromatic heterocycles. The second kappa shape index (κ2) is 8.18. The summed E-state index contributed by atoms with van der Waals surface area (Å²) in [6, 6.07) is 18.3. The third-order valence-electron chi connectivity index (χ3n) is 3.90. The Morgan fingerprint density at radius 3 is 2.11 bits per heavy atom. The van der Waals surface area contributed by atoms with Crippen LogP contribution >= 0.6 is 0 Å². The maximum atomic E-state index is 12.3. The smallest absolute Gasteiger partial charge is 0.276 e. The van der Waals surface area contributed by atoms with Crippen molar-refractivity contribution in [2.45, 2.75) is 0 Å². The molecule has 0 spiro atoms. The van der Waals surface area contributed by atoms with E-state index in [0.717, 1.165) is 17.1 Å². The number of hydrogen-bond donors (Lipinski definition) is 2. The van der Waals surface area contributed by atoms with Gasteiger partial charge in [-0.25, -0.2) is 0 Å². The average molecular weight is 363 g/mol. The zero-order valence-electron chi connectivity index (χ0n) is 15.4. The highest BCUT2D eigenvalue weighted by Crippen LogP contribution is 2.19. The molecule has 0 aliphatic heterocycles. The van der Waals surface area contributed by atoms with E-state index in [9.17, 15) is 4.79 Å². The number of amides is 1. The lowest BCUT2D eigenvalue weighted by Crippen LogP contribution is -2.14. The molecule has 1 amide bonds. The van der Waals surface area contributed by atoms with Gasteiger partial charge in [0.15, 0.2) is 11.5 Å². The van der Waals surface area contributed by atoms with Crippen molar-refractivity contribution in [3.8, 4) is 5.75 Å². The van der Waals surface area contributed by atoms with E-state index in [-0.39, 0.29) is 11.6 Å². The third-order valence-corrected chi connectivity index (χ3v) is 3.90. The molecule has 3 rings (SSSR count). The molecule has 7 nitrogen and oxygen atoms in total. The molecule has 7 heteroatoms. The molecular weight excluding hydrogens is 342 g/mol. The molecule has 0 aliphatic rings. The van der Waals surface area contributed by atoms with Crippen LogP contribution in [0.1, 0.15) is 10.5 Å². The first-order valence-electron chi connectivity index (χ1n) is 8.39. The van der Waals surface area contributed by atoms with Crippen LogP contribution in [0.3, 0.4) is 0 Å². The number of anilines is 4. The zero-order chi connectivity index (χ0) is 19.2. The Labute approximate surface area is 158 Å². The maximum absolute atomic E-state index is 12.3. The van der Waals surface area contributed by atoms with Crippen LogP contribution in [0.2, 0.25) is 0 Å². The van der Waals surface area contributed by atoms with Gasteiger partial charge < -0.3 is 20.3 Å². The second-order valence-electron chi connectivity index (χ2n) is 6.05. The molecule has 27 heavy (non-hydrogen) atoms. The molecule has 2 N–H and O–H groups in total. The van der Waals surface area contributed by atoms with Gasteiger partial charge in [-0.05, 0) is 60.7 Å². The first kappa shape index (κ1) is 18.2. The normalized spacial score (nSPS) is 10.2. The van der Waals surface area contributed by atoms with E-state index < -0.39 is 0 Å². The number of rotatable bonds is 6. The highest BCUT2D eigenvalue weighted by atomic mass is 16.5. The summed E-state index contributed by atoms with van der Waals surface area (Å²) in [6.45, 7) is 0. The van der Waals surface area contributed by atoms with E-state index in [1.807, 2.05) is 43.3 Å². The van der Waals surface area contributed by atoms with Gasteiger partial charge >= 0.3 is 0 Å². The van der Waals surface area contributed by atoms with E-state index >= 15 is 0 Å². The minimum absolute atomic E-state index is 0.235. The Morgan fingerprint density at radius 1 is 0.889 bits per heavy atom. The van der Waals surface area contributed by atoms with Gasteiger partial charge in [-0.3, -0.25) is 4.79 Å². The fourth-order valence-electron chi connectivity index (χ4n) is 2.38. The number of methoxy groups -OCH3 is 1. The lowest BCUT2D eigenvalue weighted by atomic mass is 10.2. The van der Waals surface area contributed by atoms with Gasteiger partial charge in [-0.15, -0.1) is 10.2 Å². The van der Waals surface area contributed by atoms with Crippen LogP contribution in [-0.4, -0.2) is 37.3 Å². The topological polar surface area (TPSA) is 79.4 Å². The first-order valence-corrected chi connectivity index (χ1v) is 8.39. The Kier molecular flexibility index (Phi) is 5.51. The fourth-order valence-corrected chi connectivity index (χ4v) is 2.38. The lowest BCUT2D eigenvalue weighted by Gasteiger charge is -2.13. The molecule has 0 aliphatic carbocycles. The van der Waals surface area contributed by atoms with Crippen LogP contribution < -0.4 is 20.3 Å². The maximum Gasteiger partial charge on any atom is 0.276 e. The summed E-state index contributed by atoms with van der Waals surface area (Å²) < 4.78 is 5.09. The Hall–Kier alpha value is -3.61. The zero-order valence-corrected chi connectivity index (χ0v) is 15.4. The molecule has 2 aromatic carbocycles. The highest BCUT2D eigenvalue weighted by Gasteiger charge is 2.09. The van der Waals surface area contributed by atoms with E-state index in [1.54, 1.807) is 43.5 Å². The van der Waals surface area contributed by atoms with E-state index in [2.05, 4.69) is 20.8 Å². The summed E-state index contributed by atoms with van der Waals surface area (Å²) in [5, 5.41) is 14.0. The number of ether oxygens (including phenoxy) is 1. The standard InChI is InChI=1S/C20H21N5O2/c1-25(2)16-8-4-14(5-9-16)21-19-13-12-18(23-24-19)20(26)22-15-6-10-17(27-3)11-7-15/h4-13H,1-3H3,(H,21,24)(H,22,26). The summed E-state index contributed by atoms with van der Waals surface area (Å²) in [7, 11) is 5.57. The quantitative estimate of drug-likeness (QED) is 0.697. The SMILES string of the molecule is COc1ccc(NC(=O)c2ccc(Nc3ccc(N(C)C)cc3)nn2)cc1. The summed E-state index contributed by atoms with van der Waals surface area (Å²) in [5.74, 6) is 0.963. The molecule has 3 aromatic rings. The van der Waals surface area contributed by atoms with Crippen molar-refractivity contribution in [3.05, 3.63) is 66.4 Å². The molecule has 1 heterocycles. The molecule has 0 unspecified atom stereocenters. The van der Waals surface area contributed by atoms with Crippen molar-refractivity contribution in [1.82, 2.24) is 10.2 Å². The minimum Gasteiger partial charge on any atom is -0.497 e. The fraction of sp³-hybridized carbons (Fsp3) is 0.150. The number of hydrogen-bond acceptors (Lipinski definition) is 6. The van der Waals surface area contributed by atoms with Gasteiger partial charge in [-0.1, -0.05) is 0 Å². The van der Waals surface area contributed by atoms with E-state index in [0.29, 0.717) is 11.5 Å². The summed E-state index contributed by atoms with van der Waals surface area (Å²) >= 11 is 0. The molecule has 0 atom stereocenters. The third kappa shape index (κ3) is 4.72. The molecule has 138 valence electrons. The highest BCUT2D eigenvalue weighted by molar-refractivity contribution is 6.02. The minimum atomic E-state index is -0.324. The Bertz CT molecular complexity index is 891. The number of carbonyl (C=O) groups excluding carboxylic acids is 1. The van der Waals surface area contributed by atoms with Gasteiger partial charge in [0.1, 0.15) is 5.75 Å². The van der Waals surface area contributed by atoms with Crippen molar-refractivity contribution in [3.63, 3.8) is 0 Å². The predicted molar refractivity (Wildman–Crippen MR) is 107 cm³/mol. The summed E-state index contributed by atoms with van der Waals surface area (Å²) in [5.41, 5.74) is 2.90. The van der Waals surface area contributed by atoms with Gasteiger partial charge in [-0.2, -0.15) is 0 Å². The van der Waals surface area contributed by atoms with Crippen LogP contribution in [0.25, 0.3) is 0 Å². The van der Waals surface area contributed by atoms with Crippen molar-refractivity contribution >= 4 is 28.8 Å². The number of nitrogens with one attached hydrogen (secondary N) is 2. The number of nitrogens with zero attached hydrogens (tertiary/aromatic N) is 3. The van der Waals surface area contributed by atoms with Crippen LogP contribution in [-0.2, 0) is 0 Å². The van der Waals surface area contributed by atoms with Crippen LogP contribution in [0.4, 0.5) is 22.9 Å². The largest absolute Gasteiger partial charge is 0.497 e. The Morgan fingerprint density at radius 2 is 1.56 bits per heavy atom. The Balaban J connectivity index is 1.62.